The molecule has 92 valence electrons. The molecule has 1 amide bonds. The molecule has 0 atom stereocenters. The second-order valence-corrected chi connectivity index (χ2v) is 5.17. The van der Waals surface area contributed by atoms with Crippen LogP contribution in [0.3, 0.4) is 0 Å². The van der Waals surface area contributed by atoms with Gasteiger partial charge in [-0.25, -0.2) is 4.79 Å². The molecule has 1 saturated heterocycles. The van der Waals surface area contributed by atoms with Crippen LogP contribution in [-0.4, -0.2) is 55.2 Å². The first kappa shape index (κ1) is 11.7. The average Bonchev–Trinajstić information content (AvgIpc) is 2.15. The lowest BCUT2D eigenvalue weighted by atomic mass is 9.98. The van der Waals surface area contributed by atoms with Crippen LogP contribution >= 0.6 is 0 Å². The van der Waals surface area contributed by atoms with Crippen LogP contribution < -0.4 is 0 Å². The molecule has 0 aromatic carbocycles. The quantitative estimate of drug-likeness (QED) is 0.718. The van der Waals surface area contributed by atoms with E-state index in [9.17, 15) is 4.79 Å². The summed E-state index contributed by atoms with van der Waals surface area (Å²) in [5.41, 5.74) is 0. The van der Waals surface area contributed by atoms with Gasteiger partial charge in [-0.2, -0.15) is 0 Å². The molecule has 0 spiro atoms. The van der Waals surface area contributed by atoms with Crippen LogP contribution in [0.2, 0.25) is 0 Å². The molecule has 2 fully saturated rings. The number of carbonyl (C=O) groups excluding carboxylic acids is 1. The van der Waals surface area contributed by atoms with E-state index in [2.05, 4.69) is 19.0 Å². The van der Waals surface area contributed by atoms with Gasteiger partial charge in [0.15, 0.2) is 0 Å². The van der Waals surface area contributed by atoms with Crippen LogP contribution in [0.15, 0.2) is 0 Å². The highest BCUT2D eigenvalue weighted by atomic mass is 16.6. The van der Waals surface area contributed by atoms with Crippen LogP contribution in [0, 0.1) is 0 Å². The van der Waals surface area contributed by atoms with E-state index in [1.165, 1.54) is 19.3 Å². The summed E-state index contributed by atoms with van der Waals surface area (Å²) >= 11 is 0. The van der Waals surface area contributed by atoms with E-state index in [1.807, 2.05) is 0 Å². The number of ether oxygens (including phenoxy) is 1. The minimum absolute atomic E-state index is 0.106. The first-order chi connectivity index (χ1) is 7.66. The van der Waals surface area contributed by atoms with Crippen molar-refractivity contribution >= 4 is 6.09 Å². The van der Waals surface area contributed by atoms with E-state index < -0.39 is 0 Å². The minimum Gasteiger partial charge on any atom is -0.446 e. The molecule has 4 heteroatoms. The smallest absolute Gasteiger partial charge is 0.410 e. The van der Waals surface area contributed by atoms with Crippen LogP contribution in [0.5, 0.6) is 0 Å². The maximum absolute atomic E-state index is 11.7. The maximum atomic E-state index is 11.7. The van der Waals surface area contributed by atoms with Crippen LogP contribution in [0.4, 0.5) is 4.79 Å². The summed E-state index contributed by atoms with van der Waals surface area (Å²) in [6.07, 6.45) is 5.88. The van der Waals surface area contributed by atoms with Gasteiger partial charge >= 0.3 is 6.09 Å². The predicted octanol–water partition coefficient (Wildman–Crippen LogP) is 1.70. The number of carbonyl (C=O) groups is 1. The number of rotatable bonds is 2. The third-order valence-electron chi connectivity index (χ3n) is 3.67. The molecular weight excluding hydrogens is 204 g/mol. The fourth-order valence-electron chi connectivity index (χ4n) is 2.33. The Morgan fingerprint density at radius 3 is 2.38 bits per heavy atom. The van der Waals surface area contributed by atoms with Crippen molar-refractivity contribution in [3.63, 3.8) is 0 Å². The Bertz CT molecular complexity index is 243. The molecule has 0 unspecified atom stereocenters. The fraction of sp³-hybridized carbons (Fsp3) is 0.917. The Morgan fingerprint density at radius 1 is 1.19 bits per heavy atom. The lowest BCUT2D eigenvalue weighted by Crippen LogP contribution is -2.59. The zero-order chi connectivity index (χ0) is 11.5. The van der Waals surface area contributed by atoms with Crippen molar-refractivity contribution in [1.82, 2.24) is 9.80 Å². The van der Waals surface area contributed by atoms with E-state index in [0.29, 0.717) is 6.04 Å². The van der Waals surface area contributed by atoms with Crippen molar-refractivity contribution in [1.29, 1.82) is 0 Å². The molecule has 0 N–H and O–H groups in total. The Morgan fingerprint density at radius 2 is 1.81 bits per heavy atom. The van der Waals surface area contributed by atoms with Crippen molar-refractivity contribution in [3.05, 3.63) is 0 Å². The normalized spacial score (nSPS) is 23.3. The maximum Gasteiger partial charge on any atom is 0.410 e. The van der Waals surface area contributed by atoms with Crippen molar-refractivity contribution in [2.45, 2.75) is 44.2 Å². The molecule has 1 heterocycles. The zero-order valence-electron chi connectivity index (χ0n) is 10.3. The molecule has 0 aromatic heterocycles. The summed E-state index contributed by atoms with van der Waals surface area (Å²) in [4.78, 5) is 15.7. The number of nitrogens with zero attached hydrogens (tertiary/aromatic N) is 2. The van der Waals surface area contributed by atoms with Gasteiger partial charge in [0.25, 0.3) is 0 Å². The number of hydrogen-bond donors (Lipinski definition) is 0. The zero-order valence-corrected chi connectivity index (χ0v) is 10.3. The highest BCUT2D eigenvalue weighted by molar-refractivity contribution is 5.69. The second kappa shape index (κ2) is 5.04. The third kappa shape index (κ3) is 2.67. The van der Waals surface area contributed by atoms with Gasteiger partial charge in [-0.1, -0.05) is 6.42 Å². The average molecular weight is 226 g/mol. The number of amides is 1. The van der Waals surface area contributed by atoms with Crippen LogP contribution in [-0.2, 0) is 4.74 Å². The van der Waals surface area contributed by atoms with Gasteiger partial charge in [-0.05, 0) is 39.8 Å². The molecule has 0 bridgehead atoms. The minimum atomic E-state index is -0.106. The SMILES string of the molecule is CN(C)C1CN(C(=O)OC2CCCCC2)C1. The van der Waals surface area contributed by atoms with Gasteiger partial charge in [-0.3, -0.25) is 0 Å². The van der Waals surface area contributed by atoms with Crippen molar-refractivity contribution in [2.75, 3.05) is 27.2 Å². The molecular formula is C12H22N2O2. The highest BCUT2D eigenvalue weighted by Crippen LogP contribution is 2.22. The van der Waals surface area contributed by atoms with Gasteiger partial charge in [0, 0.05) is 19.1 Å². The Hall–Kier alpha value is -0.770. The summed E-state index contributed by atoms with van der Waals surface area (Å²) in [6.45, 7) is 1.64. The molecule has 1 saturated carbocycles. The van der Waals surface area contributed by atoms with E-state index in [4.69, 9.17) is 4.74 Å². The summed E-state index contributed by atoms with van der Waals surface area (Å²) in [7, 11) is 4.10. The Balaban J connectivity index is 1.69. The van der Waals surface area contributed by atoms with Gasteiger partial charge < -0.3 is 14.5 Å². The molecule has 0 radical (unpaired) electrons. The number of likely N-dealkylation sites (tertiary alicyclic amines) is 1. The lowest BCUT2D eigenvalue weighted by molar-refractivity contribution is 0.00786. The first-order valence-electron chi connectivity index (χ1n) is 6.29. The number of hydrogen-bond acceptors (Lipinski definition) is 3. The van der Waals surface area contributed by atoms with E-state index in [-0.39, 0.29) is 12.2 Å². The standard InChI is InChI=1S/C12H22N2O2/c1-13(2)10-8-14(9-10)12(15)16-11-6-4-3-5-7-11/h10-11H,3-9H2,1-2H3. The van der Waals surface area contributed by atoms with E-state index >= 15 is 0 Å². The lowest BCUT2D eigenvalue weighted by Gasteiger charge is -2.42. The summed E-state index contributed by atoms with van der Waals surface area (Å²) in [5.74, 6) is 0. The largest absolute Gasteiger partial charge is 0.446 e. The molecule has 4 nitrogen and oxygen atoms in total. The van der Waals surface area contributed by atoms with Crippen molar-refractivity contribution < 1.29 is 9.53 Å². The molecule has 2 aliphatic rings. The second-order valence-electron chi connectivity index (χ2n) is 5.17. The fourth-order valence-corrected chi connectivity index (χ4v) is 2.33. The van der Waals surface area contributed by atoms with Gasteiger partial charge in [0.1, 0.15) is 6.10 Å². The van der Waals surface area contributed by atoms with E-state index in [0.717, 1.165) is 25.9 Å². The molecule has 0 aromatic rings. The van der Waals surface area contributed by atoms with Gasteiger partial charge in [0.2, 0.25) is 0 Å². The van der Waals surface area contributed by atoms with Gasteiger partial charge in [0.05, 0.1) is 0 Å². The predicted molar refractivity (Wildman–Crippen MR) is 62.4 cm³/mol. The Labute approximate surface area is 97.5 Å². The molecule has 16 heavy (non-hydrogen) atoms. The molecule has 2 rings (SSSR count). The topological polar surface area (TPSA) is 32.8 Å². The summed E-state index contributed by atoms with van der Waals surface area (Å²) in [5, 5.41) is 0. The number of likely N-dealkylation sites (N-methyl/N-ethyl adjacent to an activating group) is 1. The monoisotopic (exact) mass is 226 g/mol. The molecule has 1 aliphatic heterocycles. The van der Waals surface area contributed by atoms with E-state index in [1.54, 1.807) is 4.90 Å². The summed E-state index contributed by atoms with van der Waals surface area (Å²) in [6, 6.07) is 0.513. The summed E-state index contributed by atoms with van der Waals surface area (Å²) < 4.78 is 5.49. The first-order valence-corrected chi connectivity index (χ1v) is 6.29. The van der Waals surface area contributed by atoms with Crippen LogP contribution in [0.25, 0.3) is 0 Å². The Kier molecular flexibility index (Phi) is 3.69. The van der Waals surface area contributed by atoms with Crippen LogP contribution in [0.1, 0.15) is 32.1 Å². The van der Waals surface area contributed by atoms with Crippen molar-refractivity contribution in [3.8, 4) is 0 Å². The van der Waals surface area contributed by atoms with Crippen molar-refractivity contribution in [2.24, 2.45) is 0 Å². The van der Waals surface area contributed by atoms with Gasteiger partial charge in [-0.15, -0.1) is 0 Å². The third-order valence-corrected chi connectivity index (χ3v) is 3.67. The highest BCUT2D eigenvalue weighted by Gasteiger charge is 2.34. The molecule has 1 aliphatic carbocycles.